The number of aliphatic carboxylic acids is 1. The molecule has 84 heavy (non-hydrogen) atoms. The van der Waals surface area contributed by atoms with Gasteiger partial charge in [-0.25, -0.2) is 0 Å². The van der Waals surface area contributed by atoms with Gasteiger partial charge in [-0.15, -0.1) is 0 Å². The summed E-state index contributed by atoms with van der Waals surface area (Å²) in [5, 5.41) is 19.3. The first-order chi connectivity index (χ1) is 38.2. The maximum atomic E-state index is 12.8. The number of piperazine rings is 2. The van der Waals surface area contributed by atoms with Crippen LogP contribution in [0.15, 0.2) is 94.7 Å². The molecule has 4 heterocycles. The van der Waals surface area contributed by atoms with Gasteiger partial charge in [-0.3, -0.25) is 14.6 Å². The number of thioether (sulfide) groups is 2. The molecule has 4 aromatic rings. The van der Waals surface area contributed by atoms with E-state index in [-0.39, 0.29) is 100 Å². The predicted molar refractivity (Wildman–Crippen MR) is 299 cm³/mol. The molecule has 0 atom stereocenters. The standard InChI is InChI=1S/C27H31ClF6N4OS.C15H19F3N2O2.C12H14ClF3N2S.CH4.ClH.Li/c28-23-8-5-21(18-24(23)40-27(32,33)34)35-20-9-12-38(13-10-20)25(39)2-1-11-36-14-16-37(17-15-36)22-6-3-19(4-7-22)26(29,30)31;16-15(17,18)12-3-5-13(6-4-12)20-10-8-19(9-11-20)7-1-2-14(21)22;13-10-2-1-9(7-11(10)19-12(14,15)16)18-8-3-5-17-6-4-8;;;/h3-8,18,20,35H,1-2,9-17H2;3-6H,1-2,7-11H2,(H,21,22);1-2,7-8,17-18H,3-6H2;1H4;1H;/q;;;;;+1/p-1. The van der Waals surface area contributed by atoms with E-state index < -0.39 is 40.5 Å². The summed E-state index contributed by atoms with van der Waals surface area (Å²) in [5.74, 6) is -0.944. The fourth-order valence-corrected chi connectivity index (χ4v) is 11.3. The third kappa shape index (κ3) is 25.9. The second-order valence-electron chi connectivity index (χ2n) is 19.8. The first-order valence-corrected chi connectivity index (χ1v) is 28.8. The molecule has 0 saturated carbocycles. The quantitative estimate of drug-likeness (QED) is 0.0692. The average molecular weight is 1290 g/mol. The first kappa shape index (κ1) is 74.5. The van der Waals surface area contributed by atoms with Crippen molar-refractivity contribution < 1.29 is 104 Å². The van der Waals surface area contributed by atoms with E-state index in [4.69, 9.17) is 23.2 Å². The number of piperidine rings is 2. The van der Waals surface area contributed by atoms with Crippen molar-refractivity contribution in [2.24, 2.45) is 0 Å². The fourth-order valence-electron chi connectivity index (χ4n) is 9.65. The van der Waals surface area contributed by atoms with Gasteiger partial charge in [-0.1, -0.05) is 30.6 Å². The van der Waals surface area contributed by atoms with Crippen molar-refractivity contribution in [2.45, 2.75) is 104 Å². The summed E-state index contributed by atoms with van der Waals surface area (Å²) in [7, 11) is 0. The summed E-state index contributed by atoms with van der Waals surface area (Å²) < 4.78 is 151. The molecule has 8 rings (SSSR count). The van der Waals surface area contributed by atoms with Gasteiger partial charge in [-0.2, -0.15) is 52.7 Å². The smallest absolute Gasteiger partial charge is 1.00 e. The van der Waals surface area contributed by atoms with Gasteiger partial charge in [0.2, 0.25) is 5.91 Å². The second-order valence-corrected chi connectivity index (χ2v) is 22.8. The van der Waals surface area contributed by atoms with Gasteiger partial charge in [-0.05, 0) is 154 Å². The van der Waals surface area contributed by atoms with E-state index in [0.29, 0.717) is 75.8 Å². The van der Waals surface area contributed by atoms with E-state index >= 15 is 0 Å². The monoisotopic (exact) mass is 1290 g/mol. The molecule has 4 aromatic carbocycles. The van der Waals surface area contributed by atoms with Gasteiger partial charge < -0.3 is 53.0 Å². The first-order valence-electron chi connectivity index (χ1n) is 26.4. The van der Waals surface area contributed by atoms with E-state index in [0.717, 1.165) is 114 Å². The number of quaternary nitrogens is 1. The number of carboxylic acids is 1. The molecule has 4 aliphatic rings. The zero-order valence-electron chi connectivity index (χ0n) is 45.3. The Bertz CT molecular complexity index is 2610. The number of nitrogens with two attached hydrogens (primary N) is 1. The minimum atomic E-state index is -4.42. The Morgan fingerprint density at radius 1 is 0.548 bits per heavy atom. The van der Waals surface area contributed by atoms with Crippen LogP contribution in [0.4, 0.5) is 75.4 Å². The Balaban J connectivity index is 0.000000356. The molecule has 4 aliphatic heterocycles. The number of carbonyl (C=O) groups excluding carboxylic acids is 2. The molecule has 29 heteroatoms. The SMILES string of the molecule is C.FC(F)(F)Sc1cc(NC2CC[NH2+]CC2)ccc1Cl.O=C(CCCN1CCN(c2ccc(C(F)(F)F)cc2)CC1)N1CCC(Nc2ccc(Cl)c(SC(F)(F)F)c2)CC1.O=C([O-])CCCN1CCN(c2ccc(C(F)(F)F)cc2)CC1.[Cl-].[Li+]. The third-order valence-corrected chi connectivity index (χ3v) is 16.4. The van der Waals surface area contributed by atoms with Crippen molar-refractivity contribution >= 4 is 81.4 Å². The Hall–Kier alpha value is -3.77. The van der Waals surface area contributed by atoms with E-state index in [1.54, 1.807) is 12.1 Å². The molecule has 0 aliphatic carbocycles. The van der Waals surface area contributed by atoms with Gasteiger partial charge >= 0.3 is 42.2 Å². The number of halogens is 15. The number of nitrogens with zero attached hydrogens (tertiary/aromatic N) is 5. The predicted octanol–water partition coefficient (Wildman–Crippen LogP) is 6.07. The van der Waals surface area contributed by atoms with Gasteiger partial charge in [0.25, 0.3) is 0 Å². The van der Waals surface area contributed by atoms with Crippen LogP contribution in [0.25, 0.3) is 0 Å². The van der Waals surface area contributed by atoms with Gasteiger partial charge in [0.1, 0.15) is 0 Å². The van der Waals surface area contributed by atoms with Crippen molar-refractivity contribution in [1.82, 2.24) is 14.7 Å². The summed E-state index contributed by atoms with van der Waals surface area (Å²) in [5.41, 5.74) is -7.21. The summed E-state index contributed by atoms with van der Waals surface area (Å²) in [6.45, 7) is 10.7. The summed E-state index contributed by atoms with van der Waals surface area (Å²) in [6.07, 6.45) is -3.45. The van der Waals surface area contributed by atoms with Crippen LogP contribution in [0.1, 0.15) is 69.9 Å². The number of carbonyl (C=O) groups is 2. The molecule has 11 nitrogen and oxygen atoms in total. The zero-order chi connectivity index (χ0) is 59.0. The van der Waals surface area contributed by atoms with Crippen molar-refractivity contribution in [3.63, 3.8) is 0 Å². The van der Waals surface area contributed by atoms with Gasteiger partial charge in [0.05, 0.1) is 34.3 Å². The number of alkyl halides is 12. The maximum absolute atomic E-state index is 12.8. The topological polar surface area (TPSA) is 114 Å². The van der Waals surface area contributed by atoms with E-state index in [9.17, 15) is 67.4 Å². The summed E-state index contributed by atoms with van der Waals surface area (Å²) >= 11 is 11.3. The van der Waals surface area contributed by atoms with Crippen molar-refractivity contribution in [2.75, 3.05) is 112 Å². The molecule has 0 bridgehead atoms. The fraction of sp³-hybridized carbons (Fsp3) is 0.527. The van der Waals surface area contributed by atoms with Gasteiger partial charge in [0.15, 0.2) is 0 Å². The average Bonchev–Trinajstić information content (AvgIpc) is 3.53. The Kier molecular flexibility index (Phi) is 30.8. The molecule has 4 fully saturated rings. The van der Waals surface area contributed by atoms with E-state index in [2.05, 4.69) is 30.7 Å². The Morgan fingerprint density at radius 2 is 0.917 bits per heavy atom. The summed E-state index contributed by atoms with van der Waals surface area (Å²) in [6, 6.07) is 20.0. The Morgan fingerprint density at radius 3 is 1.27 bits per heavy atom. The number of carboxylic acid groups (broad SMARTS) is 1. The third-order valence-electron chi connectivity index (χ3n) is 13.9. The maximum Gasteiger partial charge on any atom is 1.00 e. The molecule has 4 N–H and O–H groups in total. The number of hydrogen-bond acceptors (Lipinski definition) is 11. The van der Waals surface area contributed by atoms with E-state index in [1.165, 1.54) is 48.5 Å². The number of likely N-dealkylation sites (tertiary alicyclic amines) is 1. The van der Waals surface area contributed by atoms with Crippen LogP contribution in [-0.2, 0) is 21.9 Å². The molecule has 0 radical (unpaired) electrons. The van der Waals surface area contributed by atoms with Crippen LogP contribution in [0.5, 0.6) is 0 Å². The van der Waals surface area contributed by atoms with Crippen LogP contribution in [0.2, 0.25) is 10.0 Å². The molecule has 0 aromatic heterocycles. The summed E-state index contributed by atoms with van der Waals surface area (Å²) in [4.78, 5) is 33.5. The molecule has 4 saturated heterocycles. The number of benzene rings is 4. The molecular formula is C55H68Cl3F12LiN8O3S2. The minimum Gasteiger partial charge on any atom is -1.00 e. The molecule has 0 unspecified atom stereocenters. The van der Waals surface area contributed by atoms with Crippen LogP contribution in [0.3, 0.4) is 0 Å². The van der Waals surface area contributed by atoms with Crippen LogP contribution < -0.4 is 62.1 Å². The molecule has 1 amide bonds. The van der Waals surface area contributed by atoms with Crippen LogP contribution in [-0.4, -0.2) is 141 Å². The van der Waals surface area contributed by atoms with Crippen molar-refractivity contribution in [1.29, 1.82) is 0 Å². The second kappa shape index (κ2) is 34.7. The molecule has 0 spiro atoms. The number of anilines is 4. The van der Waals surface area contributed by atoms with Gasteiger partial charge in [0, 0.05) is 135 Å². The molecule has 464 valence electrons. The van der Waals surface area contributed by atoms with Crippen LogP contribution >= 0.6 is 46.7 Å². The van der Waals surface area contributed by atoms with Crippen molar-refractivity contribution in [3.8, 4) is 0 Å². The normalized spacial score (nSPS) is 16.8. The molecular weight excluding hydrogens is 1230 g/mol. The van der Waals surface area contributed by atoms with Crippen LogP contribution in [0, 0.1) is 0 Å². The Labute approximate surface area is 519 Å². The minimum absolute atomic E-state index is 0. The van der Waals surface area contributed by atoms with E-state index in [1.807, 2.05) is 9.80 Å². The number of nitrogens with one attached hydrogen (secondary N) is 2. The van der Waals surface area contributed by atoms with Crippen molar-refractivity contribution in [3.05, 3.63) is 106 Å². The largest absolute Gasteiger partial charge is 1.00 e. The zero-order valence-corrected chi connectivity index (χ0v) is 49.2. The number of hydrogen-bond donors (Lipinski definition) is 3. The number of rotatable bonds is 16. The number of amides is 1.